The number of aryl methyl sites for hydroxylation is 1. The maximum absolute atomic E-state index is 12.9. The Bertz CT molecular complexity index is 1100. The largest absolute Gasteiger partial charge is 0.416 e. The first-order chi connectivity index (χ1) is 14.3. The predicted octanol–water partition coefficient (Wildman–Crippen LogP) is 4.19. The number of fused-ring (bicyclic) bond motifs is 1. The van der Waals surface area contributed by atoms with Gasteiger partial charge in [0, 0.05) is 37.7 Å². The highest BCUT2D eigenvalue weighted by Gasteiger charge is 2.30. The third kappa shape index (κ3) is 4.32. The molecule has 5 nitrogen and oxygen atoms in total. The Balaban J connectivity index is 1.51. The van der Waals surface area contributed by atoms with Crippen LogP contribution in [0.3, 0.4) is 0 Å². The predicted molar refractivity (Wildman–Crippen MR) is 105 cm³/mol. The highest BCUT2D eigenvalue weighted by molar-refractivity contribution is 5.96. The molecule has 3 heterocycles. The normalized spacial score (nSPS) is 13.8. The standard InChI is InChI=1S/C22H19F3N4O/c1-14-26-12-16-13-29(9-8-18(16)27-14)21-7-3-6-19(28-21)20(30)11-15-4-2-5-17(10-15)22(23,24)25/h2-7,10,12H,8-9,11,13H2,1H3. The van der Waals surface area contributed by atoms with Crippen molar-refractivity contribution >= 4 is 11.6 Å². The summed E-state index contributed by atoms with van der Waals surface area (Å²) in [5.41, 5.74) is 1.82. The van der Waals surface area contributed by atoms with Crippen LogP contribution in [0.25, 0.3) is 0 Å². The van der Waals surface area contributed by atoms with Crippen LogP contribution in [0, 0.1) is 6.92 Å². The highest BCUT2D eigenvalue weighted by atomic mass is 19.4. The minimum atomic E-state index is -4.44. The molecule has 0 unspecified atom stereocenters. The van der Waals surface area contributed by atoms with Crippen molar-refractivity contribution in [1.29, 1.82) is 0 Å². The van der Waals surface area contributed by atoms with Crippen LogP contribution in [-0.2, 0) is 25.6 Å². The van der Waals surface area contributed by atoms with Gasteiger partial charge in [0.1, 0.15) is 17.3 Å². The van der Waals surface area contributed by atoms with E-state index in [2.05, 4.69) is 15.0 Å². The molecule has 0 atom stereocenters. The number of anilines is 1. The number of halogens is 3. The van der Waals surface area contributed by atoms with Crippen molar-refractivity contribution in [2.75, 3.05) is 11.4 Å². The topological polar surface area (TPSA) is 59.0 Å². The zero-order valence-electron chi connectivity index (χ0n) is 16.3. The molecule has 3 aromatic rings. The average Bonchev–Trinajstić information content (AvgIpc) is 2.73. The molecule has 0 spiro atoms. The third-order valence-electron chi connectivity index (χ3n) is 5.02. The molecule has 0 saturated heterocycles. The number of pyridine rings is 1. The maximum Gasteiger partial charge on any atom is 0.416 e. The molecule has 0 amide bonds. The number of alkyl halides is 3. The van der Waals surface area contributed by atoms with Gasteiger partial charge in [-0.15, -0.1) is 0 Å². The van der Waals surface area contributed by atoms with Gasteiger partial charge in [-0.3, -0.25) is 4.79 Å². The molecule has 1 aromatic carbocycles. The molecule has 0 aliphatic carbocycles. The van der Waals surface area contributed by atoms with Crippen LogP contribution in [0.4, 0.5) is 19.0 Å². The fourth-order valence-electron chi connectivity index (χ4n) is 3.50. The molecule has 0 radical (unpaired) electrons. The second-order valence-corrected chi connectivity index (χ2v) is 7.24. The SMILES string of the molecule is Cc1ncc2c(n1)CCN(c1cccc(C(=O)Cc3cccc(C(F)(F)F)c3)n1)C2. The Kier molecular flexibility index (Phi) is 5.24. The number of aromatic nitrogens is 3. The molecular formula is C22H19F3N4O. The highest BCUT2D eigenvalue weighted by Crippen LogP contribution is 2.30. The number of carbonyl (C=O) groups is 1. The van der Waals surface area contributed by atoms with Crippen LogP contribution >= 0.6 is 0 Å². The lowest BCUT2D eigenvalue weighted by Gasteiger charge is -2.29. The first-order valence-corrected chi connectivity index (χ1v) is 9.52. The van der Waals surface area contributed by atoms with Crippen LogP contribution in [0.5, 0.6) is 0 Å². The summed E-state index contributed by atoms with van der Waals surface area (Å²) in [6, 6.07) is 9.97. The van der Waals surface area contributed by atoms with E-state index in [9.17, 15) is 18.0 Å². The third-order valence-corrected chi connectivity index (χ3v) is 5.02. The van der Waals surface area contributed by atoms with E-state index >= 15 is 0 Å². The van der Waals surface area contributed by atoms with Gasteiger partial charge in [0.25, 0.3) is 0 Å². The Morgan fingerprint density at radius 2 is 1.93 bits per heavy atom. The monoisotopic (exact) mass is 412 g/mol. The second kappa shape index (κ2) is 7.85. The van der Waals surface area contributed by atoms with Crippen LogP contribution in [0.15, 0.2) is 48.7 Å². The van der Waals surface area contributed by atoms with E-state index < -0.39 is 11.7 Å². The average molecular weight is 412 g/mol. The van der Waals surface area contributed by atoms with Crippen molar-refractivity contribution in [3.8, 4) is 0 Å². The summed E-state index contributed by atoms with van der Waals surface area (Å²) in [6.07, 6.45) is -2.02. The fourth-order valence-corrected chi connectivity index (χ4v) is 3.50. The van der Waals surface area contributed by atoms with Gasteiger partial charge in [0.2, 0.25) is 0 Å². The molecule has 1 aliphatic heterocycles. The van der Waals surface area contributed by atoms with Gasteiger partial charge in [-0.1, -0.05) is 24.3 Å². The van der Waals surface area contributed by atoms with Crippen molar-refractivity contribution < 1.29 is 18.0 Å². The van der Waals surface area contributed by atoms with Gasteiger partial charge in [-0.05, 0) is 30.7 Å². The van der Waals surface area contributed by atoms with Gasteiger partial charge in [-0.25, -0.2) is 15.0 Å². The second-order valence-electron chi connectivity index (χ2n) is 7.24. The summed E-state index contributed by atoms with van der Waals surface area (Å²) >= 11 is 0. The number of rotatable bonds is 4. The van der Waals surface area contributed by atoms with Crippen molar-refractivity contribution in [2.24, 2.45) is 0 Å². The Hall–Kier alpha value is -3.29. The van der Waals surface area contributed by atoms with Crippen molar-refractivity contribution in [2.45, 2.75) is 32.5 Å². The molecule has 1 aliphatic rings. The van der Waals surface area contributed by atoms with E-state index in [-0.39, 0.29) is 17.9 Å². The number of hydrogen-bond acceptors (Lipinski definition) is 5. The fraction of sp³-hybridized carbons (Fsp3) is 0.273. The first kappa shape index (κ1) is 20.0. The summed E-state index contributed by atoms with van der Waals surface area (Å²) in [5, 5.41) is 0. The minimum Gasteiger partial charge on any atom is -0.352 e. The van der Waals surface area contributed by atoms with Crippen LogP contribution in [0.1, 0.15) is 38.7 Å². The van der Waals surface area contributed by atoms with Gasteiger partial charge in [-0.2, -0.15) is 13.2 Å². The Morgan fingerprint density at radius 3 is 2.73 bits per heavy atom. The summed E-state index contributed by atoms with van der Waals surface area (Å²) < 4.78 is 38.7. The van der Waals surface area contributed by atoms with Gasteiger partial charge < -0.3 is 4.90 Å². The molecular weight excluding hydrogens is 393 g/mol. The summed E-state index contributed by atoms with van der Waals surface area (Å²) in [5.74, 6) is 1.06. The van der Waals surface area contributed by atoms with Gasteiger partial charge in [0.05, 0.1) is 11.3 Å². The quantitative estimate of drug-likeness (QED) is 0.602. The molecule has 2 aromatic heterocycles. The zero-order chi connectivity index (χ0) is 21.3. The van der Waals surface area contributed by atoms with Crippen LogP contribution < -0.4 is 4.90 Å². The molecule has 0 bridgehead atoms. The lowest BCUT2D eigenvalue weighted by molar-refractivity contribution is -0.137. The van der Waals surface area contributed by atoms with E-state index in [0.29, 0.717) is 24.5 Å². The van der Waals surface area contributed by atoms with E-state index in [1.165, 1.54) is 12.1 Å². The molecule has 30 heavy (non-hydrogen) atoms. The first-order valence-electron chi connectivity index (χ1n) is 9.52. The number of nitrogens with zero attached hydrogens (tertiary/aromatic N) is 4. The molecule has 4 rings (SSSR count). The van der Waals surface area contributed by atoms with Crippen LogP contribution in [-0.4, -0.2) is 27.3 Å². The molecule has 0 saturated carbocycles. The smallest absolute Gasteiger partial charge is 0.352 e. The maximum atomic E-state index is 12.9. The minimum absolute atomic E-state index is 0.143. The van der Waals surface area contributed by atoms with E-state index in [0.717, 1.165) is 35.6 Å². The van der Waals surface area contributed by atoms with Crippen molar-refractivity contribution in [1.82, 2.24) is 15.0 Å². The molecule has 0 fully saturated rings. The lowest BCUT2D eigenvalue weighted by atomic mass is 10.0. The number of benzene rings is 1. The Morgan fingerprint density at radius 1 is 1.13 bits per heavy atom. The van der Waals surface area contributed by atoms with Gasteiger partial charge in [0.15, 0.2) is 5.78 Å². The van der Waals surface area contributed by atoms with E-state index in [4.69, 9.17) is 0 Å². The van der Waals surface area contributed by atoms with E-state index in [1.807, 2.05) is 24.1 Å². The molecule has 154 valence electrons. The van der Waals surface area contributed by atoms with Crippen molar-refractivity contribution in [3.63, 3.8) is 0 Å². The lowest BCUT2D eigenvalue weighted by Crippen LogP contribution is -2.32. The molecule has 0 N–H and O–H groups in total. The van der Waals surface area contributed by atoms with Crippen LogP contribution in [0.2, 0.25) is 0 Å². The Labute approximate surface area is 171 Å². The van der Waals surface area contributed by atoms with Gasteiger partial charge >= 0.3 is 6.18 Å². The van der Waals surface area contributed by atoms with Crippen molar-refractivity contribution in [3.05, 3.63) is 82.6 Å². The summed E-state index contributed by atoms with van der Waals surface area (Å²) in [7, 11) is 0. The summed E-state index contributed by atoms with van der Waals surface area (Å²) in [6.45, 7) is 3.16. The summed E-state index contributed by atoms with van der Waals surface area (Å²) in [4.78, 5) is 27.9. The van der Waals surface area contributed by atoms with E-state index in [1.54, 1.807) is 12.1 Å². The number of carbonyl (C=O) groups excluding carboxylic acids is 1. The zero-order valence-corrected chi connectivity index (χ0v) is 16.3. The molecule has 8 heteroatoms. The number of Topliss-reactive ketones (excluding diaryl/α,β-unsaturated/α-hetero) is 1. The number of hydrogen-bond donors (Lipinski definition) is 0. The number of ketones is 1.